The van der Waals surface area contributed by atoms with Crippen molar-refractivity contribution in [3.8, 4) is 11.8 Å². The molecule has 0 saturated carbocycles. The maximum atomic E-state index is 8.48. The zero-order valence-electron chi connectivity index (χ0n) is 11.8. The average molecular weight is 274 g/mol. The Morgan fingerprint density at radius 3 is 3.20 bits per heavy atom. The van der Waals surface area contributed by atoms with E-state index < -0.39 is 0 Å². The fourth-order valence-electron chi connectivity index (χ4n) is 2.25. The van der Waals surface area contributed by atoms with Gasteiger partial charge in [-0.1, -0.05) is 12.1 Å². The van der Waals surface area contributed by atoms with E-state index in [-0.39, 0.29) is 0 Å². The number of ether oxygens (including phenoxy) is 2. The predicted octanol–water partition coefficient (Wildman–Crippen LogP) is 2.64. The van der Waals surface area contributed by atoms with Crippen LogP contribution >= 0.6 is 0 Å². The average Bonchev–Trinajstić information content (AvgIpc) is 2.51. The van der Waals surface area contributed by atoms with E-state index in [2.05, 4.69) is 23.5 Å². The zero-order valence-corrected chi connectivity index (χ0v) is 11.8. The summed E-state index contributed by atoms with van der Waals surface area (Å²) in [5.74, 6) is 0.877. The highest BCUT2D eigenvalue weighted by Crippen LogP contribution is 2.14. The van der Waals surface area contributed by atoms with E-state index in [1.54, 1.807) is 0 Å². The summed E-state index contributed by atoms with van der Waals surface area (Å²) in [4.78, 5) is 0. The van der Waals surface area contributed by atoms with Crippen molar-refractivity contribution in [3.63, 3.8) is 0 Å². The van der Waals surface area contributed by atoms with E-state index in [0.29, 0.717) is 19.1 Å². The molecule has 1 aliphatic heterocycles. The second kappa shape index (κ2) is 8.57. The van der Waals surface area contributed by atoms with E-state index in [9.17, 15) is 0 Å². The Bertz CT molecular complexity index is 436. The maximum Gasteiger partial charge on any atom is 0.119 e. The van der Waals surface area contributed by atoms with Crippen molar-refractivity contribution in [1.29, 1.82) is 5.26 Å². The van der Waals surface area contributed by atoms with Crippen LogP contribution in [0.2, 0.25) is 0 Å². The second-order valence-electron chi connectivity index (χ2n) is 5.05. The maximum absolute atomic E-state index is 8.48. The van der Waals surface area contributed by atoms with Gasteiger partial charge in [-0.3, -0.25) is 0 Å². The fourth-order valence-corrected chi connectivity index (χ4v) is 2.25. The first-order chi connectivity index (χ1) is 9.88. The summed E-state index contributed by atoms with van der Waals surface area (Å²) in [7, 11) is 0. The summed E-state index contributed by atoms with van der Waals surface area (Å²) in [5, 5.41) is 12.0. The lowest BCUT2D eigenvalue weighted by molar-refractivity contribution is 0.0699. The zero-order chi connectivity index (χ0) is 14.0. The van der Waals surface area contributed by atoms with Crippen LogP contribution in [0.3, 0.4) is 0 Å². The van der Waals surface area contributed by atoms with Crippen LogP contribution in [0, 0.1) is 11.3 Å². The summed E-state index contributed by atoms with van der Waals surface area (Å²) >= 11 is 0. The summed E-state index contributed by atoms with van der Waals surface area (Å²) in [6, 6.07) is 10.7. The van der Waals surface area contributed by atoms with Crippen molar-refractivity contribution < 1.29 is 9.47 Å². The second-order valence-corrected chi connectivity index (χ2v) is 5.05. The molecule has 2 rings (SSSR count). The lowest BCUT2D eigenvalue weighted by Crippen LogP contribution is -2.36. The Labute approximate surface area is 120 Å². The summed E-state index contributed by atoms with van der Waals surface area (Å²) < 4.78 is 11.1. The van der Waals surface area contributed by atoms with Crippen molar-refractivity contribution in [2.45, 2.75) is 38.3 Å². The molecule has 1 aliphatic rings. The molecular formula is C16H22N2O2. The van der Waals surface area contributed by atoms with Crippen LogP contribution in [0.25, 0.3) is 0 Å². The normalized spacial score (nSPS) is 18.4. The molecule has 0 amide bonds. The molecule has 0 radical (unpaired) electrons. The topological polar surface area (TPSA) is 54.3 Å². The van der Waals surface area contributed by atoms with Crippen molar-refractivity contribution in [2.75, 3.05) is 19.8 Å². The van der Waals surface area contributed by atoms with Crippen LogP contribution in [0.4, 0.5) is 0 Å². The van der Waals surface area contributed by atoms with Gasteiger partial charge in [0.25, 0.3) is 0 Å². The standard InChI is InChI=1S/C16H22N2O2/c17-8-1-2-10-20-16-7-3-5-14(11-16)12-18-15-6-4-9-19-13-15/h3,5,7,11,15,18H,1-2,4,6,9-10,12-13H2. The van der Waals surface area contributed by atoms with Crippen molar-refractivity contribution >= 4 is 0 Å². The van der Waals surface area contributed by atoms with Gasteiger partial charge in [0.05, 0.1) is 19.3 Å². The van der Waals surface area contributed by atoms with Crippen LogP contribution in [-0.2, 0) is 11.3 Å². The fraction of sp³-hybridized carbons (Fsp3) is 0.562. The van der Waals surface area contributed by atoms with E-state index in [0.717, 1.165) is 38.3 Å². The third-order valence-corrected chi connectivity index (χ3v) is 3.36. The SMILES string of the molecule is N#CCCCOc1cccc(CNC2CCCOC2)c1. The molecule has 1 fully saturated rings. The van der Waals surface area contributed by atoms with Gasteiger partial charge in [0.2, 0.25) is 0 Å². The van der Waals surface area contributed by atoms with Crippen LogP contribution in [0.1, 0.15) is 31.2 Å². The van der Waals surface area contributed by atoms with Crippen molar-refractivity contribution in [1.82, 2.24) is 5.32 Å². The minimum Gasteiger partial charge on any atom is -0.494 e. The molecule has 1 atom stereocenters. The molecular weight excluding hydrogens is 252 g/mol. The van der Waals surface area contributed by atoms with Crippen molar-refractivity contribution in [2.24, 2.45) is 0 Å². The first kappa shape index (κ1) is 14.8. The Morgan fingerprint density at radius 2 is 2.40 bits per heavy atom. The van der Waals surface area contributed by atoms with Gasteiger partial charge in [0, 0.05) is 25.6 Å². The quantitative estimate of drug-likeness (QED) is 0.777. The van der Waals surface area contributed by atoms with Gasteiger partial charge >= 0.3 is 0 Å². The number of hydrogen-bond acceptors (Lipinski definition) is 4. The molecule has 0 aromatic heterocycles. The molecule has 4 nitrogen and oxygen atoms in total. The monoisotopic (exact) mass is 274 g/mol. The van der Waals surface area contributed by atoms with Gasteiger partial charge in [-0.2, -0.15) is 5.26 Å². The van der Waals surface area contributed by atoms with Gasteiger partial charge in [0.1, 0.15) is 5.75 Å². The van der Waals surface area contributed by atoms with Crippen LogP contribution < -0.4 is 10.1 Å². The number of rotatable bonds is 7. The smallest absolute Gasteiger partial charge is 0.119 e. The van der Waals surface area contributed by atoms with Crippen LogP contribution in [0.5, 0.6) is 5.75 Å². The van der Waals surface area contributed by atoms with E-state index in [1.807, 2.05) is 12.1 Å². The number of nitriles is 1. The van der Waals surface area contributed by atoms with Gasteiger partial charge < -0.3 is 14.8 Å². The molecule has 20 heavy (non-hydrogen) atoms. The molecule has 1 aromatic carbocycles. The molecule has 1 unspecified atom stereocenters. The highest BCUT2D eigenvalue weighted by Gasteiger charge is 2.12. The Kier molecular flexibility index (Phi) is 6.36. The third-order valence-electron chi connectivity index (χ3n) is 3.36. The molecule has 1 aromatic rings. The molecule has 0 bridgehead atoms. The molecule has 0 spiro atoms. The van der Waals surface area contributed by atoms with Gasteiger partial charge in [0.15, 0.2) is 0 Å². The first-order valence-corrected chi connectivity index (χ1v) is 7.28. The highest BCUT2D eigenvalue weighted by molar-refractivity contribution is 5.28. The number of hydrogen-bond donors (Lipinski definition) is 1. The highest BCUT2D eigenvalue weighted by atomic mass is 16.5. The number of benzene rings is 1. The predicted molar refractivity (Wildman–Crippen MR) is 77.5 cm³/mol. The molecule has 0 aliphatic carbocycles. The Balaban J connectivity index is 1.75. The van der Waals surface area contributed by atoms with Crippen molar-refractivity contribution in [3.05, 3.63) is 29.8 Å². The van der Waals surface area contributed by atoms with Gasteiger partial charge in [-0.25, -0.2) is 0 Å². The summed E-state index contributed by atoms with van der Waals surface area (Å²) in [6.07, 6.45) is 3.64. The number of unbranched alkanes of at least 4 members (excludes halogenated alkanes) is 1. The molecule has 1 N–H and O–H groups in total. The summed E-state index contributed by atoms with van der Waals surface area (Å²) in [6.45, 7) is 3.14. The molecule has 108 valence electrons. The number of nitrogens with one attached hydrogen (secondary N) is 1. The van der Waals surface area contributed by atoms with Crippen LogP contribution in [0.15, 0.2) is 24.3 Å². The Hall–Kier alpha value is -1.57. The molecule has 4 heteroatoms. The van der Waals surface area contributed by atoms with E-state index in [1.165, 1.54) is 12.0 Å². The number of nitrogens with zero attached hydrogens (tertiary/aromatic N) is 1. The lowest BCUT2D eigenvalue weighted by atomic mass is 10.1. The Morgan fingerprint density at radius 1 is 1.45 bits per heavy atom. The van der Waals surface area contributed by atoms with Gasteiger partial charge in [-0.15, -0.1) is 0 Å². The first-order valence-electron chi connectivity index (χ1n) is 7.28. The van der Waals surface area contributed by atoms with Crippen LogP contribution in [-0.4, -0.2) is 25.9 Å². The largest absolute Gasteiger partial charge is 0.494 e. The molecule has 1 saturated heterocycles. The third kappa shape index (κ3) is 5.20. The molecule has 1 heterocycles. The minimum absolute atomic E-state index is 0.462. The lowest BCUT2D eigenvalue weighted by Gasteiger charge is -2.23. The minimum atomic E-state index is 0.462. The van der Waals surface area contributed by atoms with Gasteiger partial charge in [-0.05, 0) is 37.0 Å². The summed E-state index contributed by atoms with van der Waals surface area (Å²) in [5.41, 5.74) is 1.22. The van der Waals surface area contributed by atoms with E-state index in [4.69, 9.17) is 14.7 Å². The van der Waals surface area contributed by atoms with E-state index >= 15 is 0 Å².